The largest absolute Gasteiger partial charge is 0.490 e. The van der Waals surface area contributed by atoms with Crippen LogP contribution in [0.4, 0.5) is 10.1 Å². The molecule has 0 amide bonds. The molecule has 20 rings (SSSR count). The number of alkyl halides is 1. The third-order valence-electron chi connectivity index (χ3n) is 21.9. The van der Waals surface area contributed by atoms with Gasteiger partial charge in [0.05, 0.1) is 34.3 Å². The number of nitrogens with zero attached hydrogens (tertiary/aromatic N) is 7. The summed E-state index contributed by atoms with van der Waals surface area (Å²) in [7, 11) is 2.11. The van der Waals surface area contributed by atoms with E-state index in [1.54, 1.807) is 18.5 Å². The van der Waals surface area contributed by atoms with E-state index in [0.717, 1.165) is 81.7 Å². The minimum absolute atomic E-state index is 0. The fourth-order valence-corrected chi connectivity index (χ4v) is 14.9. The van der Waals surface area contributed by atoms with Crippen LogP contribution in [0.25, 0.3) is 54.4 Å². The van der Waals surface area contributed by atoms with Crippen molar-refractivity contribution in [1.29, 1.82) is 0 Å². The molecule has 1 unspecified atom stereocenters. The first-order valence-electron chi connectivity index (χ1n) is 51.3. The number of hydrogen-bond donors (Lipinski definition) is 0. The van der Waals surface area contributed by atoms with Crippen LogP contribution < -0.4 is 42.8 Å². The summed E-state index contributed by atoms with van der Waals surface area (Å²) in [6, 6.07) is 77.5. The summed E-state index contributed by atoms with van der Waals surface area (Å²) in [4.78, 5) is 27.4. The normalized spacial score (nSPS) is 13.8. The van der Waals surface area contributed by atoms with Gasteiger partial charge in [-0.3, -0.25) is 29.9 Å². The quantitative estimate of drug-likeness (QED) is 0.132. The second-order valence-electron chi connectivity index (χ2n) is 48.7. The molecule has 0 fully saturated rings. The number of ether oxygens (including phenoxy) is 8. The van der Waals surface area contributed by atoms with Gasteiger partial charge in [0.25, 0.3) is 0 Å². The van der Waals surface area contributed by atoms with E-state index in [-0.39, 0.29) is 52.8 Å². The number of halogens is 1. The standard InChI is InChI=1S/C14H18O.C13H19NO.C13H15N.C12H15FO2.C12H14N2.2C11H14O2.3C9H7N.3C5H12.C2H6.2CH4/c1-10-8-11-12(14(2,3)4)6-5-7-13(11)15-9-10;1-13(2,3)10-5-6-11-12(9-10)15-8-7-14(11)4;1-13(2,3)12-6-4-5-10-9-14-8-7-11(10)12;1-11(2,3)8-6-5-7-9-10(8)15-12(4,13)14-9;1-12(2,3)9-5-4-6-10-11(9)14-8-7-13-10;1-11(2,3)8-4-5-9-10(6-8)13-7-12-9;1-11(2,3)8-5-4-6-9-10(8)13-7-12-9;2*1-2-6-9-8(4-1)5-3-7-10-9;1-2-4-9-7-10-6-5-8(9)3-1;3*1-5(2,3)4;1-2;;/h5-7H,1,8-9H2,2-4H3;5-6,9H,7-8H2,1-4H3;4-9H,1-3H3;5-7H,1-4H3;4-8H,1-3H3;2*4-6H,7H2,1-3H3;3*1-7H;3*1-4H3;1-2H3;2*1H4. The summed E-state index contributed by atoms with van der Waals surface area (Å²) in [6.07, 6.45) is 15.5. The molecule has 0 bridgehead atoms. The Morgan fingerprint density at radius 3 is 1.24 bits per heavy atom. The number of hydrogen-bond acceptors (Lipinski definition) is 15. The predicted molar refractivity (Wildman–Crippen MR) is 630 cm³/mol. The molecule has 0 saturated heterocycles. The molecule has 148 heavy (non-hydrogen) atoms. The molecule has 798 valence electrons. The van der Waals surface area contributed by atoms with E-state index >= 15 is 0 Å². The lowest BCUT2D eigenvalue weighted by atomic mass is 9.81. The van der Waals surface area contributed by atoms with Gasteiger partial charge in [0.2, 0.25) is 13.6 Å². The van der Waals surface area contributed by atoms with Crippen LogP contribution >= 0.6 is 0 Å². The van der Waals surface area contributed by atoms with Crippen LogP contribution in [0.5, 0.6) is 46.0 Å². The Balaban J connectivity index is 0.000000284. The second-order valence-corrected chi connectivity index (χ2v) is 48.7. The van der Waals surface area contributed by atoms with E-state index < -0.39 is 6.04 Å². The van der Waals surface area contributed by atoms with Crippen molar-refractivity contribution in [3.8, 4) is 46.0 Å². The van der Waals surface area contributed by atoms with Crippen molar-refractivity contribution in [2.75, 3.05) is 45.3 Å². The zero-order chi connectivity index (χ0) is 109. The average Bonchev–Trinajstić information content (AvgIpc) is 1.54. The smallest absolute Gasteiger partial charge is 0.404 e. The first-order chi connectivity index (χ1) is 68.0. The number of aromatic nitrogens is 6. The fraction of sp³-hybridized carbons (Fsp3) is 0.424. The highest BCUT2D eigenvalue weighted by atomic mass is 19.2. The zero-order valence-corrected chi connectivity index (χ0v) is 95.4. The van der Waals surface area contributed by atoms with Gasteiger partial charge < -0.3 is 42.8 Å². The Bertz CT molecular complexity index is 6080. The Hall–Kier alpha value is -13.0. The highest BCUT2D eigenvalue weighted by Crippen LogP contribution is 2.48. The highest BCUT2D eigenvalue weighted by molar-refractivity contribution is 5.86. The number of likely N-dealkylation sites (N-methyl/N-ethyl adjacent to an activating group) is 1. The van der Waals surface area contributed by atoms with E-state index in [4.69, 9.17) is 37.9 Å². The Kier molecular flexibility index (Phi) is 46.9. The summed E-state index contributed by atoms with van der Waals surface area (Å²) >= 11 is 0. The van der Waals surface area contributed by atoms with E-state index in [0.29, 0.717) is 47.9 Å². The van der Waals surface area contributed by atoms with Crippen LogP contribution in [-0.2, 0) is 44.3 Å². The van der Waals surface area contributed by atoms with E-state index in [2.05, 4.69) is 398 Å². The number of pyridine rings is 4. The zero-order valence-electron chi connectivity index (χ0n) is 95.4. The maximum Gasteiger partial charge on any atom is 0.404 e. The Morgan fingerprint density at radius 2 is 0.716 bits per heavy atom. The van der Waals surface area contributed by atoms with Crippen molar-refractivity contribution in [3.63, 3.8) is 0 Å². The summed E-state index contributed by atoms with van der Waals surface area (Å²) in [5.41, 5.74) is 19.0. The lowest BCUT2D eigenvalue weighted by Crippen LogP contribution is -2.29. The van der Waals surface area contributed by atoms with Crippen LogP contribution in [0.15, 0.2) is 298 Å². The van der Waals surface area contributed by atoms with Crippen molar-refractivity contribution in [1.82, 2.24) is 29.9 Å². The molecule has 0 radical (unpaired) electrons. The van der Waals surface area contributed by atoms with Gasteiger partial charge in [0.15, 0.2) is 34.5 Å². The van der Waals surface area contributed by atoms with Gasteiger partial charge in [-0.2, -0.15) is 4.39 Å². The van der Waals surface area contributed by atoms with Gasteiger partial charge in [-0.25, -0.2) is 0 Å². The van der Waals surface area contributed by atoms with Gasteiger partial charge in [0.1, 0.15) is 24.7 Å². The lowest BCUT2D eigenvalue weighted by molar-refractivity contribution is -0.173. The third kappa shape index (κ3) is 42.4. The minimum Gasteiger partial charge on any atom is -0.490 e. The van der Waals surface area contributed by atoms with E-state index in [1.807, 2.05) is 160 Å². The van der Waals surface area contributed by atoms with Crippen LogP contribution in [0, 0.1) is 16.2 Å². The molecular weight excluding hydrogens is 1830 g/mol. The SMILES string of the molecule is C.C.C=C1COc2cccc(C(C)(C)C)c2C1.CC.CC(C)(C)C.CC(C)(C)C.CC(C)(C)C.CC(C)(C)c1ccc2c(c1)OCO2.CC(C)(C)c1cccc2c1OCO2.CC(C)(C)c1cccc2cnccc12.CC(C)(C)c1cccc2nccnc12.CC1(F)Oc2cccc(C(C)(C)C)c2O1.CN1CCOc2cc(C(C)(C)C)ccc21.c1ccc2cnccc2c1.c1ccc2ncccc2c1.c1ccc2ncccc2c1. The summed E-state index contributed by atoms with van der Waals surface area (Å²) in [6.45, 7) is 84.6. The van der Waals surface area contributed by atoms with E-state index in [9.17, 15) is 4.39 Å². The Morgan fingerprint density at radius 1 is 0.318 bits per heavy atom. The first kappa shape index (κ1) is 126. The van der Waals surface area contributed by atoms with Crippen LogP contribution in [0.1, 0.15) is 309 Å². The number of anilines is 1. The molecule has 1 atom stereocenters. The van der Waals surface area contributed by atoms with Gasteiger partial charge in [-0.05, 0) is 189 Å². The van der Waals surface area contributed by atoms with Crippen molar-refractivity contribution in [2.45, 2.75) is 314 Å². The minimum atomic E-state index is -2.04. The number of para-hydroxylation sites is 5. The third-order valence-corrected chi connectivity index (χ3v) is 21.9. The Labute approximate surface area is 891 Å². The molecule has 10 heterocycles. The molecule has 5 aliphatic heterocycles. The number of fused-ring (bicyclic) bond motifs is 10. The number of benzene rings is 10. The molecule has 15 nitrogen and oxygen atoms in total. The van der Waals surface area contributed by atoms with Crippen LogP contribution in [0.3, 0.4) is 0 Å². The van der Waals surface area contributed by atoms with Gasteiger partial charge in [-0.15, -0.1) is 0 Å². The summed E-state index contributed by atoms with van der Waals surface area (Å²) in [5.74, 6) is 6.57. The average molecular weight is 2010 g/mol. The van der Waals surface area contributed by atoms with Crippen molar-refractivity contribution in [3.05, 3.63) is 343 Å². The van der Waals surface area contributed by atoms with E-state index in [1.165, 1.54) is 89.4 Å². The molecule has 0 saturated carbocycles. The summed E-state index contributed by atoms with van der Waals surface area (Å²) in [5, 5.41) is 7.38. The molecule has 0 N–H and O–H groups in total. The molecule has 5 aromatic heterocycles. The highest BCUT2D eigenvalue weighted by Gasteiger charge is 2.40. The van der Waals surface area contributed by atoms with Crippen molar-refractivity contribution in [2.24, 2.45) is 16.2 Å². The van der Waals surface area contributed by atoms with Crippen LogP contribution in [0.2, 0.25) is 0 Å². The molecule has 0 aliphatic carbocycles. The van der Waals surface area contributed by atoms with Gasteiger partial charge in [-0.1, -0.05) is 415 Å². The predicted octanol–water partition coefficient (Wildman–Crippen LogP) is 36.7. The first-order valence-corrected chi connectivity index (χ1v) is 51.3. The molecule has 15 aromatic rings. The van der Waals surface area contributed by atoms with Crippen molar-refractivity contribution < 1.29 is 42.3 Å². The van der Waals surface area contributed by atoms with Gasteiger partial charge >= 0.3 is 6.04 Å². The molecule has 0 spiro atoms. The lowest BCUT2D eigenvalue weighted by Gasteiger charge is -2.29. The fourth-order valence-electron chi connectivity index (χ4n) is 14.9. The maximum absolute atomic E-state index is 13.5. The summed E-state index contributed by atoms with van der Waals surface area (Å²) < 4.78 is 56.4. The van der Waals surface area contributed by atoms with Crippen LogP contribution in [-0.4, -0.2) is 76.3 Å². The van der Waals surface area contributed by atoms with Gasteiger partial charge in [0, 0.05) is 103 Å². The molecule has 16 heteroatoms. The molecule has 5 aliphatic rings. The number of rotatable bonds is 0. The van der Waals surface area contributed by atoms with Crippen molar-refractivity contribution >= 4 is 60.1 Å². The second kappa shape index (κ2) is 55.4. The topological polar surface area (TPSA) is 154 Å². The monoisotopic (exact) mass is 2010 g/mol. The molecule has 10 aromatic carbocycles. The molecular formula is C132H180FN7O8. The maximum atomic E-state index is 13.5.